The number of nitrogens with one attached hydrogen (secondary N) is 2. The molecule has 2 aromatic carbocycles. The standard InChI is InChI=1S/C24H26N4O4S2/c1-16-14-23(26-17(2)25-16)28-34(30,31)20-11-9-18(10-12-20)27-24(29)21-7-3-4-8-22(21)33-15-19-6-5-13-32-19/h3-4,7-12,14,19H,5-6,13,15H2,1-2H3,(H,27,29)(H,25,26,28). The van der Waals surface area contributed by atoms with Gasteiger partial charge in [0.1, 0.15) is 11.6 Å². The highest BCUT2D eigenvalue weighted by atomic mass is 32.2. The van der Waals surface area contributed by atoms with Crippen LogP contribution in [-0.4, -0.2) is 42.8 Å². The van der Waals surface area contributed by atoms with Gasteiger partial charge in [0.25, 0.3) is 15.9 Å². The van der Waals surface area contributed by atoms with E-state index in [0.29, 0.717) is 22.8 Å². The van der Waals surface area contributed by atoms with E-state index in [9.17, 15) is 13.2 Å². The van der Waals surface area contributed by atoms with Gasteiger partial charge in [-0.05, 0) is 63.1 Å². The first-order valence-corrected chi connectivity index (χ1v) is 13.4. The third-order valence-electron chi connectivity index (χ3n) is 5.21. The number of amides is 1. The number of hydrogen-bond donors (Lipinski definition) is 2. The Morgan fingerprint density at radius 2 is 1.88 bits per heavy atom. The van der Waals surface area contributed by atoms with Crippen LogP contribution in [0.3, 0.4) is 0 Å². The Balaban J connectivity index is 1.43. The van der Waals surface area contributed by atoms with Gasteiger partial charge in [0.2, 0.25) is 0 Å². The molecule has 1 aliphatic rings. The van der Waals surface area contributed by atoms with Crippen molar-refractivity contribution in [2.45, 2.75) is 42.6 Å². The number of rotatable bonds is 8. The molecule has 1 amide bonds. The molecule has 178 valence electrons. The van der Waals surface area contributed by atoms with E-state index >= 15 is 0 Å². The summed E-state index contributed by atoms with van der Waals surface area (Å²) in [6.45, 7) is 4.26. The van der Waals surface area contributed by atoms with Gasteiger partial charge in [-0.1, -0.05) is 12.1 Å². The number of hydrogen-bond acceptors (Lipinski definition) is 7. The summed E-state index contributed by atoms with van der Waals surface area (Å²) in [4.78, 5) is 22.1. The molecule has 1 aliphatic heterocycles. The van der Waals surface area contributed by atoms with E-state index in [1.54, 1.807) is 49.9 Å². The molecule has 0 spiro atoms. The van der Waals surface area contributed by atoms with E-state index in [4.69, 9.17) is 4.74 Å². The average Bonchev–Trinajstić information content (AvgIpc) is 3.31. The lowest BCUT2D eigenvalue weighted by molar-refractivity contribution is 0.102. The quantitative estimate of drug-likeness (QED) is 0.443. The lowest BCUT2D eigenvalue weighted by Crippen LogP contribution is -2.16. The number of sulfonamides is 1. The maximum absolute atomic E-state index is 12.9. The number of benzene rings is 2. The Kier molecular flexibility index (Phi) is 7.50. The maximum atomic E-state index is 12.9. The summed E-state index contributed by atoms with van der Waals surface area (Å²) in [5.41, 5.74) is 1.73. The molecule has 1 saturated heterocycles. The van der Waals surface area contributed by atoms with Crippen molar-refractivity contribution in [2.75, 3.05) is 22.4 Å². The normalized spacial score (nSPS) is 15.8. The van der Waals surface area contributed by atoms with Crippen LogP contribution in [-0.2, 0) is 14.8 Å². The highest BCUT2D eigenvalue weighted by Crippen LogP contribution is 2.27. The number of thioether (sulfide) groups is 1. The van der Waals surface area contributed by atoms with Crippen molar-refractivity contribution in [2.24, 2.45) is 0 Å². The zero-order valence-corrected chi connectivity index (χ0v) is 20.6. The second kappa shape index (κ2) is 10.5. The molecule has 2 heterocycles. The van der Waals surface area contributed by atoms with Crippen LogP contribution in [0.5, 0.6) is 0 Å². The van der Waals surface area contributed by atoms with Gasteiger partial charge < -0.3 is 10.1 Å². The Morgan fingerprint density at radius 1 is 1.12 bits per heavy atom. The molecule has 1 unspecified atom stereocenters. The predicted molar refractivity (Wildman–Crippen MR) is 133 cm³/mol. The molecule has 0 saturated carbocycles. The van der Waals surface area contributed by atoms with Crippen LogP contribution in [0.4, 0.5) is 11.5 Å². The van der Waals surface area contributed by atoms with Crippen LogP contribution in [0, 0.1) is 13.8 Å². The van der Waals surface area contributed by atoms with Crippen LogP contribution in [0.25, 0.3) is 0 Å². The number of aryl methyl sites for hydroxylation is 2. The lowest BCUT2D eigenvalue weighted by atomic mass is 10.2. The second-order valence-corrected chi connectivity index (χ2v) is 10.7. The monoisotopic (exact) mass is 498 g/mol. The van der Waals surface area contributed by atoms with Gasteiger partial charge in [-0.15, -0.1) is 11.8 Å². The van der Waals surface area contributed by atoms with Crippen molar-refractivity contribution in [3.05, 3.63) is 71.7 Å². The van der Waals surface area contributed by atoms with Crippen LogP contribution in [0.1, 0.15) is 34.7 Å². The van der Waals surface area contributed by atoms with Crippen molar-refractivity contribution in [3.63, 3.8) is 0 Å². The average molecular weight is 499 g/mol. The molecule has 10 heteroatoms. The van der Waals surface area contributed by atoms with Crippen LogP contribution in [0.15, 0.2) is 64.4 Å². The zero-order chi connectivity index (χ0) is 24.1. The molecule has 1 aromatic heterocycles. The summed E-state index contributed by atoms with van der Waals surface area (Å²) in [5, 5.41) is 2.85. The van der Waals surface area contributed by atoms with E-state index in [2.05, 4.69) is 20.0 Å². The van der Waals surface area contributed by atoms with E-state index in [1.807, 2.05) is 18.2 Å². The summed E-state index contributed by atoms with van der Waals surface area (Å²) >= 11 is 1.61. The fraction of sp³-hybridized carbons (Fsp3) is 0.292. The van der Waals surface area contributed by atoms with Gasteiger partial charge in [0, 0.05) is 34.7 Å². The van der Waals surface area contributed by atoms with Gasteiger partial charge in [0.05, 0.1) is 16.6 Å². The smallest absolute Gasteiger partial charge is 0.263 e. The molecular weight excluding hydrogens is 472 g/mol. The van der Waals surface area contributed by atoms with E-state index in [0.717, 1.165) is 30.1 Å². The van der Waals surface area contributed by atoms with Crippen molar-refractivity contribution < 1.29 is 17.9 Å². The summed E-state index contributed by atoms with van der Waals surface area (Å²) in [6.07, 6.45) is 2.34. The molecule has 0 bridgehead atoms. The topological polar surface area (TPSA) is 110 Å². The minimum absolute atomic E-state index is 0.0620. The molecule has 34 heavy (non-hydrogen) atoms. The molecule has 0 aliphatic carbocycles. The highest BCUT2D eigenvalue weighted by molar-refractivity contribution is 7.99. The van der Waals surface area contributed by atoms with E-state index in [1.165, 1.54) is 12.1 Å². The zero-order valence-electron chi connectivity index (χ0n) is 18.9. The predicted octanol–water partition coefficient (Wildman–Crippen LogP) is 4.42. The number of anilines is 2. The third kappa shape index (κ3) is 6.13. The van der Waals surface area contributed by atoms with E-state index in [-0.39, 0.29) is 22.7 Å². The molecule has 0 radical (unpaired) electrons. The SMILES string of the molecule is Cc1cc(NS(=O)(=O)c2ccc(NC(=O)c3ccccc3SCC3CCCO3)cc2)nc(C)n1. The van der Waals surface area contributed by atoms with Crippen LogP contribution in [0.2, 0.25) is 0 Å². The first-order valence-electron chi connectivity index (χ1n) is 10.9. The van der Waals surface area contributed by atoms with Crippen LogP contribution >= 0.6 is 11.8 Å². The number of carbonyl (C=O) groups is 1. The third-order valence-corrected chi connectivity index (χ3v) is 7.78. The first-order chi connectivity index (χ1) is 16.3. The molecule has 4 rings (SSSR count). The summed E-state index contributed by atoms with van der Waals surface area (Å²) in [5.74, 6) is 1.23. The lowest BCUT2D eigenvalue weighted by Gasteiger charge is -2.13. The molecule has 2 N–H and O–H groups in total. The highest BCUT2D eigenvalue weighted by Gasteiger charge is 2.19. The van der Waals surface area contributed by atoms with Crippen molar-refractivity contribution in [1.82, 2.24) is 9.97 Å². The van der Waals surface area contributed by atoms with Gasteiger partial charge >= 0.3 is 0 Å². The number of aromatic nitrogens is 2. The molecule has 3 aromatic rings. The molecule has 1 atom stereocenters. The van der Waals surface area contributed by atoms with Crippen molar-refractivity contribution in [3.8, 4) is 0 Å². The van der Waals surface area contributed by atoms with Gasteiger partial charge in [-0.2, -0.15) is 0 Å². The van der Waals surface area contributed by atoms with Gasteiger partial charge in [-0.25, -0.2) is 18.4 Å². The fourth-order valence-electron chi connectivity index (χ4n) is 3.62. The minimum atomic E-state index is -3.83. The number of carbonyl (C=O) groups excluding carboxylic acids is 1. The number of nitrogens with zero attached hydrogens (tertiary/aromatic N) is 2. The molecule has 1 fully saturated rings. The van der Waals surface area contributed by atoms with Crippen molar-refractivity contribution >= 4 is 39.2 Å². The second-order valence-electron chi connectivity index (χ2n) is 7.97. The Hall–Kier alpha value is -2.95. The largest absolute Gasteiger partial charge is 0.377 e. The van der Waals surface area contributed by atoms with Gasteiger partial charge in [0.15, 0.2) is 0 Å². The first kappa shape index (κ1) is 24.2. The summed E-state index contributed by atoms with van der Waals surface area (Å²) < 4.78 is 33.6. The molecule has 8 nitrogen and oxygen atoms in total. The van der Waals surface area contributed by atoms with Crippen molar-refractivity contribution in [1.29, 1.82) is 0 Å². The summed E-state index contributed by atoms with van der Waals surface area (Å²) in [7, 11) is -3.83. The Labute approximate surface area is 203 Å². The maximum Gasteiger partial charge on any atom is 0.263 e. The Bertz CT molecular complexity index is 1250. The number of ether oxygens (including phenoxy) is 1. The summed E-state index contributed by atoms with van der Waals surface area (Å²) in [6, 6.07) is 15.0. The minimum Gasteiger partial charge on any atom is -0.377 e. The Morgan fingerprint density at radius 3 is 2.59 bits per heavy atom. The van der Waals surface area contributed by atoms with E-state index < -0.39 is 10.0 Å². The molecular formula is C24H26N4O4S2. The fourth-order valence-corrected chi connectivity index (χ4v) is 5.73. The van der Waals surface area contributed by atoms with Gasteiger partial charge in [-0.3, -0.25) is 9.52 Å². The van der Waals surface area contributed by atoms with Crippen LogP contribution < -0.4 is 10.0 Å².